The van der Waals surface area contributed by atoms with Gasteiger partial charge in [-0.05, 0) is 34.4 Å². The fraction of sp³-hybridized carbons (Fsp3) is 0.333. The van der Waals surface area contributed by atoms with Gasteiger partial charge in [-0.3, -0.25) is 0 Å². The van der Waals surface area contributed by atoms with Gasteiger partial charge in [0.05, 0.1) is 6.10 Å². The van der Waals surface area contributed by atoms with Gasteiger partial charge in [-0.15, -0.1) is 0 Å². The zero-order chi connectivity index (χ0) is 15.3. The summed E-state index contributed by atoms with van der Waals surface area (Å²) >= 11 is 1.40. The molecule has 1 aromatic heterocycles. The zero-order valence-corrected chi connectivity index (χ0v) is 12.0. The van der Waals surface area contributed by atoms with Crippen LogP contribution in [0, 0.1) is 0 Å². The van der Waals surface area contributed by atoms with Crippen LogP contribution in [0.2, 0.25) is 0 Å². The summed E-state index contributed by atoms with van der Waals surface area (Å²) in [5.74, 6) is 0. The van der Waals surface area contributed by atoms with Crippen molar-refractivity contribution in [1.29, 1.82) is 0 Å². The maximum absolute atomic E-state index is 13.1. The predicted molar refractivity (Wildman–Crippen MR) is 77.3 cm³/mol. The van der Waals surface area contributed by atoms with Gasteiger partial charge in [-0.25, -0.2) is 0 Å². The number of aliphatic hydroxyl groups is 1. The Morgan fingerprint density at radius 3 is 2.43 bits per heavy atom. The Hall–Kier alpha value is -1.37. The molecule has 0 saturated carbocycles. The van der Waals surface area contributed by atoms with Crippen LogP contribution in [0.15, 0.2) is 47.2 Å². The van der Waals surface area contributed by atoms with Crippen molar-refractivity contribution in [2.24, 2.45) is 0 Å². The lowest BCUT2D eigenvalue weighted by Crippen LogP contribution is -2.45. The Morgan fingerprint density at radius 2 is 1.86 bits per heavy atom. The molecule has 0 amide bonds. The highest BCUT2D eigenvalue weighted by Gasteiger charge is 2.39. The third kappa shape index (κ3) is 4.84. The Balaban J connectivity index is 1.97. The molecule has 0 fully saturated rings. The number of hydrogen-bond donors (Lipinski definition) is 2. The van der Waals surface area contributed by atoms with Gasteiger partial charge in [-0.2, -0.15) is 24.5 Å². The topological polar surface area (TPSA) is 32.3 Å². The summed E-state index contributed by atoms with van der Waals surface area (Å²) in [5, 5.41) is 15.8. The minimum Gasteiger partial charge on any atom is -0.387 e. The van der Waals surface area contributed by atoms with Crippen LogP contribution in [0.25, 0.3) is 0 Å². The number of aliphatic hydroxyl groups excluding tert-OH is 1. The molecule has 114 valence electrons. The van der Waals surface area contributed by atoms with E-state index >= 15 is 0 Å². The van der Waals surface area contributed by atoms with Crippen molar-refractivity contribution >= 4 is 11.3 Å². The van der Waals surface area contributed by atoms with Crippen molar-refractivity contribution in [3.05, 3.63) is 58.3 Å². The number of thiophene rings is 1. The van der Waals surface area contributed by atoms with Gasteiger partial charge in [0.25, 0.3) is 0 Å². The molecule has 1 aromatic carbocycles. The Kier molecular flexibility index (Phi) is 5.39. The molecular formula is C15H16F3NOS. The summed E-state index contributed by atoms with van der Waals surface area (Å²) in [6.07, 6.45) is -5.44. The fourth-order valence-electron chi connectivity index (χ4n) is 1.99. The summed E-state index contributed by atoms with van der Waals surface area (Å²) in [6.45, 7) is -0.131. The van der Waals surface area contributed by atoms with Gasteiger partial charge in [0.1, 0.15) is 6.04 Å². The molecule has 2 rings (SSSR count). The molecule has 6 heteroatoms. The van der Waals surface area contributed by atoms with Gasteiger partial charge in [0.2, 0.25) is 0 Å². The highest BCUT2D eigenvalue weighted by Crippen LogP contribution is 2.24. The Labute approximate surface area is 125 Å². The highest BCUT2D eigenvalue weighted by molar-refractivity contribution is 7.07. The van der Waals surface area contributed by atoms with Crippen molar-refractivity contribution in [3.63, 3.8) is 0 Å². The van der Waals surface area contributed by atoms with Crippen LogP contribution >= 0.6 is 11.3 Å². The fourth-order valence-corrected chi connectivity index (χ4v) is 2.70. The minimum absolute atomic E-state index is 0.131. The van der Waals surface area contributed by atoms with Crippen molar-refractivity contribution in [2.75, 3.05) is 6.54 Å². The van der Waals surface area contributed by atoms with Crippen molar-refractivity contribution in [1.82, 2.24) is 5.32 Å². The quantitative estimate of drug-likeness (QED) is 0.854. The van der Waals surface area contributed by atoms with Gasteiger partial charge in [0.15, 0.2) is 0 Å². The molecule has 0 spiro atoms. The first-order valence-electron chi connectivity index (χ1n) is 6.51. The molecule has 0 aliphatic heterocycles. The molecule has 2 unspecified atom stereocenters. The van der Waals surface area contributed by atoms with Crippen LogP contribution in [0.1, 0.15) is 17.2 Å². The molecule has 0 saturated heterocycles. The average molecular weight is 315 g/mol. The van der Waals surface area contributed by atoms with Gasteiger partial charge in [0, 0.05) is 6.54 Å². The van der Waals surface area contributed by atoms with Gasteiger partial charge < -0.3 is 10.4 Å². The molecular weight excluding hydrogens is 299 g/mol. The summed E-state index contributed by atoms with van der Waals surface area (Å²) in [6, 6.07) is 8.54. The van der Waals surface area contributed by atoms with E-state index in [2.05, 4.69) is 5.32 Å². The summed E-state index contributed by atoms with van der Waals surface area (Å²) in [4.78, 5) is 0. The third-order valence-electron chi connectivity index (χ3n) is 3.16. The molecule has 0 aliphatic rings. The van der Waals surface area contributed by atoms with Gasteiger partial charge >= 0.3 is 6.18 Å². The van der Waals surface area contributed by atoms with Crippen LogP contribution in [0.5, 0.6) is 0 Å². The van der Waals surface area contributed by atoms with Crippen LogP contribution in [-0.4, -0.2) is 23.9 Å². The van der Waals surface area contributed by atoms with Crippen LogP contribution < -0.4 is 5.32 Å². The second-order valence-corrected chi connectivity index (χ2v) is 5.54. The summed E-state index contributed by atoms with van der Waals surface area (Å²) in [7, 11) is 0. The van der Waals surface area contributed by atoms with Gasteiger partial charge in [-0.1, -0.05) is 30.3 Å². The standard InChI is InChI=1S/C15H16F3NOS/c16-15(17,18)14(8-11-4-2-1-3-5-11)19-9-13(20)12-6-7-21-10-12/h1-7,10,13-14,19-20H,8-9H2. The first-order chi connectivity index (χ1) is 9.97. The highest BCUT2D eigenvalue weighted by atomic mass is 32.1. The SMILES string of the molecule is OC(CNC(Cc1ccccc1)C(F)(F)F)c1ccsc1. The van der Waals surface area contributed by atoms with E-state index in [9.17, 15) is 18.3 Å². The van der Waals surface area contributed by atoms with E-state index in [-0.39, 0.29) is 13.0 Å². The molecule has 1 heterocycles. The number of alkyl halides is 3. The van der Waals surface area contributed by atoms with E-state index in [0.29, 0.717) is 11.1 Å². The van der Waals surface area contributed by atoms with Crippen LogP contribution in [0.4, 0.5) is 13.2 Å². The zero-order valence-electron chi connectivity index (χ0n) is 11.2. The molecule has 0 bridgehead atoms. The largest absolute Gasteiger partial charge is 0.404 e. The number of halogens is 3. The molecule has 2 atom stereocenters. The average Bonchev–Trinajstić information content (AvgIpc) is 2.97. The van der Waals surface area contributed by atoms with E-state index in [4.69, 9.17) is 0 Å². The first kappa shape index (κ1) is 16.0. The predicted octanol–water partition coefficient (Wildman–Crippen LogP) is 3.54. The second kappa shape index (κ2) is 7.06. The van der Waals surface area contributed by atoms with Crippen molar-refractivity contribution < 1.29 is 18.3 Å². The number of rotatable bonds is 6. The number of benzene rings is 1. The second-order valence-electron chi connectivity index (χ2n) is 4.76. The molecule has 2 nitrogen and oxygen atoms in total. The first-order valence-corrected chi connectivity index (χ1v) is 7.45. The third-order valence-corrected chi connectivity index (χ3v) is 3.86. The van der Waals surface area contributed by atoms with Crippen LogP contribution in [0.3, 0.4) is 0 Å². The Bertz CT molecular complexity index is 528. The lowest BCUT2D eigenvalue weighted by molar-refractivity contribution is -0.156. The van der Waals surface area contributed by atoms with E-state index in [1.54, 1.807) is 47.2 Å². The summed E-state index contributed by atoms with van der Waals surface area (Å²) < 4.78 is 39.2. The lowest BCUT2D eigenvalue weighted by Gasteiger charge is -2.23. The summed E-state index contributed by atoms with van der Waals surface area (Å²) in [5.41, 5.74) is 1.24. The monoisotopic (exact) mass is 315 g/mol. The van der Waals surface area contributed by atoms with Crippen molar-refractivity contribution in [3.8, 4) is 0 Å². The van der Waals surface area contributed by atoms with E-state index in [1.165, 1.54) is 11.3 Å². The maximum Gasteiger partial charge on any atom is 0.404 e. The normalized spacial score (nSPS) is 14.9. The minimum atomic E-state index is -4.36. The lowest BCUT2D eigenvalue weighted by atomic mass is 10.0. The molecule has 2 N–H and O–H groups in total. The van der Waals surface area contributed by atoms with E-state index < -0.39 is 18.3 Å². The molecule has 0 aliphatic carbocycles. The van der Waals surface area contributed by atoms with E-state index in [0.717, 1.165) is 0 Å². The number of hydrogen-bond acceptors (Lipinski definition) is 3. The Morgan fingerprint density at radius 1 is 1.14 bits per heavy atom. The number of nitrogens with one attached hydrogen (secondary N) is 1. The van der Waals surface area contributed by atoms with Crippen molar-refractivity contribution in [2.45, 2.75) is 24.7 Å². The smallest absolute Gasteiger partial charge is 0.387 e. The van der Waals surface area contributed by atoms with E-state index in [1.807, 2.05) is 0 Å². The molecule has 21 heavy (non-hydrogen) atoms. The molecule has 2 aromatic rings. The van der Waals surface area contributed by atoms with Crippen LogP contribution in [-0.2, 0) is 6.42 Å². The molecule has 0 radical (unpaired) electrons. The maximum atomic E-state index is 13.1.